The second-order valence-corrected chi connectivity index (χ2v) is 2.69. The molecule has 0 bridgehead atoms. The van der Waals surface area contributed by atoms with Gasteiger partial charge in [-0.3, -0.25) is 4.79 Å². The van der Waals surface area contributed by atoms with Crippen LogP contribution in [0.3, 0.4) is 0 Å². The van der Waals surface area contributed by atoms with Gasteiger partial charge in [0.05, 0.1) is 0 Å². The third-order valence-electron chi connectivity index (χ3n) is 1.49. The molecule has 0 aliphatic rings. The van der Waals surface area contributed by atoms with Crippen molar-refractivity contribution in [3.05, 3.63) is 0 Å². The van der Waals surface area contributed by atoms with Gasteiger partial charge in [0.15, 0.2) is 0 Å². The smallest absolute Gasteiger partial charge is 0.326 e. The van der Waals surface area contributed by atoms with Crippen molar-refractivity contribution in [1.29, 1.82) is 0 Å². The number of amides is 1. The first kappa shape index (κ1) is 11.6. The van der Waals surface area contributed by atoms with E-state index in [4.69, 9.17) is 5.11 Å². The number of nitrogens with one attached hydrogen (secondary N) is 1. The van der Waals surface area contributed by atoms with Gasteiger partial charge >= 0.3 is 5.97 Å². The number of hydrogen-bond acceptors (Lipinski definition) is 3. The fourth-order valence-corrected chi connectivity index (χ4v) is 0.908. The maximum atomic E-state index is 10.5. The van der Waals surface area contributed by atoms with Crippen LogP contribution in [0, 0.1) is 0 Å². The fourth-order valence-electron chi connectivity index (χ4n) is 0.908. The summed E-state index contributed by atoms with van der Waals surface area (Å²) in [6.07, 6.45) is 1.81. The molecule has 0 aliphatic carbocycles. The Hall–Kier alpha value is -1.39. The normalized spacial score (nSPS) is 11.8. The molecule has 2 N–H and O–H groups in total. The van der Waals surface area contributed by atoms with Crippen molar-refractivity contribution in [1.82, 2.24) is 5.32 Å². The summed E-state index contributed by atoms with van der Waals surface area (Å²) in [4.78, 5) is 31.0. The molecule has 0 fully saturated rings. The molecule has 0 saturated carbocycles. The van der Waals surface area contributed by atoms with E-state index in [0.29, 0.717) is 12.8 Å². The first-order valence-corrected chi connectivity index (χ1v) is 4.01. The molecular formula is C8H13NO4. The van der Waals surface area contributed by atoms with Gasteiger partial charge in [0, 0.05) is 13.3 Å². The van der Waals surface area contributed by atoms with Crippen molar-refractivity contribution in [3.63, 3.8) is 0 Å². The van der Waals surface area contributed by atoms with Gasteiger partial charge in [-0.05, 0) is 12.8 Å². The van der Waals surface area contributed by atoms with Gasteiger partial charge < -0.3 is 15.2 Å². The van der Waals surface area contributed by atoms with Crippen LogP contribution in [0.5, 0.6) is 0 Å². The Morgan fingerprint density at radius 1 is 1.54 bits per heavy atom. The molecule has 0 saturated heterocycles. The molecule has 0 spiro atoms. The van der Waals surface area contributed by atoms with Crippen LogP contribution in [0.15, 0.2) is 0 Å². The number of aldehydes is 1. The van der Waals surface area contributed by atoms with Crippen molar-refractivity contribution in [3.8, 4) is 0 Å². The lowest BCUT2D eigenvalue weighted by Crippen LogP contribution is -2.39. The van der Waals surface area contributed by atoms with E-state index < -0.39 is 12.0 Å². The fraction of sp³-hybridized carbons (Fsp3) is 0.625. The van der Waals surface area contributed by atoms with Gasteiger partial charge in [-0.25, -0.2) is 4.79 Å². The van der Waals surface area contributed by atoms with Crippen LogP contribution in [-0.4, -0.2) is 29.3 Å². The van der Waals surface area contributed by atoms with Crippen molar-refractivity contribution in [2.45, 2.75) is 32.2 Å². The lowest BCUT2D eigenvalue weighted by molar-refractivity contribution is -0.141. The summed E-state index contributed by atoms with van der Waals surface area (Å²) in [6, 6.07) is -0.877. The van der Waals surface area contributed by atoms with E-state index in [1.165, 1.54) is 6.92 Å². The molecule has 5 nitrogen and oxygen atoms in total. The number of hydrogen-bond donors (Lipinski definition) is 2. The quantitative estimate of drug-likeness (QED) is 0.451. The molecule has 0 aliphatic heterocycles. The maximum absolute atomic E-state index is 10.5. The first-order chi connectivity index (χ1) is 6.07. The highest BCUT2D eigenvalue weighted by atomic mass is 16.4. The summed E-state index contributed by atoms with van der Waals surface area (Å²) in [5.41, 5.74) is 0. The molecule has 0 aromatic rings. The van der Waals surface area contributed by atoms with Crippen LogP contribution in [0.25, 0.3) is 0 Å². The van der Waals surface area contributed by atoms with Crippen LogP contribution in [0.2, 0.25) is 0 Å². The van der Waals surface area contributed by atoms with Gasteiger partial charge in [-0.2, -0.15) is 0 Å². The van der Waals surface area contributed by atoms with E-state index in [1.54, 1.807) is 0 Å². The van der Waals surface area contributed by atoms with Gasteiger partial charge in [-0.1, -0.05) is 0 Å². The summed E-state index contributed by atoms with van der Waals surface area (Å²) in [7, 11) is 0. The summed E-state index contributed by atoms with van der Waals surface area (Å²) in [5, 5.41) is 10.9. The van der Waals surface area contributed by atoms with Crippen molar-refractivity contribution in [2.24, 2.45) is 0 Å². The average molecular weight is 187 g/mol. The molecule has 0 aromatic heterocycles. The molecule has 0 aromatic carbocycles. The molecular weight excluding hydrogens is 174 g/mol. The number of rotatable bonds is 6. The predicted octanol–water partition coefficient (Wildman–Crippen LogP) is -0.0551. The number of carbonyl (C=O) groups excluding carboxylic acids is 2. The van der Waals surface area contributed by atoms with Crippen LogP contribution < -0.4 is 5.32 Å². The zero-order valence-electron chi connectivity index (χ0n) is 7.45. The molecule has 0 heterocycles. The standard InChI is InChI=1S/C8H13NO4/c1-6(11)9-7(8(12)13)4-2-3-5-10/h5,7H,2-4H2,1H3,(H,9,11)(H,12,13). The maximum Gasteiger partial charge on any atom is 0.326 e. The SMILES string of the molecule is CC(=O)NC(CCCC=O)C(=O)O. The zero-order chi connectivity index (χ0) is 10.3. The minimum absolute atomic E-state index is 0.285. The molecule has 1 atom stereocenters. The van der Waals surface area contributed by atoms with E-state index in [2.05, 4.69) is 5.32 Å². The Kier molecular flexibility index (Phi) is 5.50. The second-order valence-electron chi connectivity index (χ2n) is 2.69. The monoisotopic (exact) mass is 187 g/mol. The minimum atomic E-state index is -1.07. The van der Waals surface area contributed by atoms with E-state index in [9.17, 15) is 14.4 Å². The van der Waals surface area contributed by atoms with E-state index in [1.807, 2.05) is 0 Å². The molecule has 1 amide bonds. The largest absolute Gasteiger partial charge is 0.480 e. The highest BCUT2D eigenvalue weighted by molar-refractivity contribution is 5.81. The Morgan fingerprint density at radius 2 is 2.15 bits per heavy atom. The van der Waals surface area contributed by atoms with Crippen molar-refractivity contribution >= 4 is 18.2 Å². The summed E-state index contributed by atoms with van der Waals surface area (Å²) < 4.78 is 0. The number of carbonyl (C=O) groups is 3. The molecule has 74 valence electrons. The Balaban J connectivity index is 3.87. The summed E-state index contributed by atoms with van der Waals surface area (Å²) in [5.74, 6) is -1.44. The molecule has 1 unspecified atom stereocenters. The second kappa shape index (κ2) is 6.16. The molecule has 5 heteroatoms. The van der Waals surface area contributed by atoms with Crippen LogP contribution in [0.4, 0.5) is 0 Å². The number of aliphatic carboxylic acids is 1. The van der Waals surface area contributed by atoms with Crippen molar-refractivity contribution < 1.29 is 19.5 Å². The molecule has 0 rings (SSSR count). The van der Waals surface area contributed by atoms with E-state index in [-0.39, 0.29) is 12.3 Å². The highest BCUT2D eigenvalue weighted by Crippen LogP contribution is 1.99. The zero-order valence-corrected chi connectivity index (χ0v) is 7.45. The highest BCUT2D eigenvalue weighted by Gasteiger charge is 2.16. The summed E-state index contributed by atoms with van der Waals surface area (Å²) in [6.45, 7) is 1.26. The van der Waals surface area contributed by atoms with Gasteiger partial charge in [0.25, 0.3) is 0 Å². The Bertz CT molecular complexity index is 202. The topological polar surface area (TPSA) is 83.5 Å². The first-order valence-electron chi connectivity index (χ1n) is 4.01. The average Bonchev–Trinajstić information content (AvgIpc) is 2.02. The number of unbranched alkanes of at least 4 members (excludes halogenated alkanes) is 1. The number of carboxylic acids is 1. The third kappa shape index (κ3) is 5.84. The minimum Gasteiger partial charge on any atom is -0.480 e. The van der Waals surface area contributed by atoms with E-state index >= 15 is 0 Å². The van der Waals surface area contributed by atoms with Gasteiger partial charge in [-0.15, -0.1) is 0 Å². The number of carboxylic acid groups (broad SMARTS) is 1. The molecule has 13 heavy (non-hydrogen) atoms. The van der Waals surface area contributed by atoms with Crippen LogP contribution >= 0.6 is 0 Å². The Labute approximate surface area is 76.1 Å². The van der Waals surface area contributed by atoms with Crippen molar-refractivity contribution in [2.75, 3.05) is 0 Å². The third-order valence-corrected chi connectivity index (χ3v) is 1.49. The van der Waals surface area contributed by atoms with Crippen LogP contribution in [0.1, 0.15) is 26.2 Å². The molecule has 0 radical (unpaired) electrons. The Morgan fingerprint density at radius 3 is 2.54 bits per heavy atom. The van der Waals surface area contributed by atoms with E-state index in [0.717, 1.165) is 6.29 Å². The summed E-state index contributed by atoms with van der Waals surface area (Å²) >= 11 is 0. The lowest BCUT2D eigenvalue weighted by atomic mass is 10.1. The van der Waals surface area contributed by atoms with Gasteiger partial charge in [0.2, 0.25) is 5.91 Å². The predicted molar refractivity (Wildman–Crippen MR) is 45.2 cm³/mol. The van der Waals surface area contributed by atoms with Gasteiger partial charge in [0.1, 0.15) is 12.3 Å². The van der Waals surface area contributed by atoms with Crippen LogP contribution in [-0.2, 0) is 14.4 Å². The lowest BCUT2D eigenvalue weighted by Gasteiger charge is -2.11.